The van der Waals surface area contributed by atoms with Gasteiger partial charge >= 0.3 is 0 Å². The maximum absolute atomic E-state index is 13.4. The minimum absolute atomic E-state index is 0.0797. The lowest BCUT2D eigenvalue weighted by molar-refractivity contribution is 0.199. The molecule has 0 amide bonds. The molecule has 0 bridgehead atoms. The Hall–Kier alpha value is -3.70. The van der Waals surface area contributed by atoms with Crippen LogP contribution in [0, 0.1) is 25.1 Å². The summed E-state index contributed by atoms with van der Waals surface area (Å²) < 4.78 is 26.1. The van der Waals surface area contributed by atoms with Crippen molar-refractivity contribution in [3.63, 3.8) is 0 Å². The predicted molar refractivity (Wildman–Crippen MR) is 127 cm³/mol. The molecule has 5 rings (SSSR count). The fraction of sp³-hybridized carbons (Fsp3) is 0.346. The lowest BCUT2D eigenvalue weighted by atomic mass is 9.92. The van der Waals surface area contributed by atoms with Crippen molar-refractivity contribution >= 4 is 16.6 Å². The third kappa shape index (κ3) is 4.15. The average molecular weight is 461 g/mol. The number of ether oxygens (including phenoxy) is 1. The Bertz CT molecular complexity index is 1440. The number of rotatable bonds is 6. The summed E-state index contributed by atoms with van der Waals surface area (Å²) >= 11 is 0. The number of likely N-dealkylation sites (tertiary alicyclic amines) is 1. The minimum atomic E-state index is -0.312. The van der Waals surface area contributed by atoms with Crippen molar-refractivity contribution in [2.75, 3.05) is 26.2 Å². The number of piperidine rings is 1. The number of benzene rings is 1. The van der Waals surface area contributed by atoms with E-state index in [-0.39, 0.29) is 23.9 Å². The van der Waals surface area contributed by atoms with Crippen molar-refractivity contribution < 1.29 is 13.7 Å². The molecule has 7 nitrogen and oxygen atoms in total. The summed E-state index contributed by atoms with van der Waals surface area (Å²) in [7, 11) is 0. The van der Waals surface area contributed by atoms with Crippen LogP contribution in [0.2, 0.25) is 0 Å². The van der Waals surface area contributed by atoms with Crippen molar-refractivity contribution in [3.8, 4) is 18.1 Å². The van der Waals surface area contributed by atoms with Crippen LogP contribution in [0.3, 0.4) is 0 Å². The number of nitrogens with zero attached hydrogens (tertiary/aromatic N) is 4. The molecule has 1 aliphatic rings. The topological polar surface area (TPSA) is 72.9 Å². The molecule has 3 aromatic heterocycles. The zero-order valence-corrected chi connectivity index (χ0v) is 19.0. The van der Waals surface area contributed by atoms with Gasteiger partial charge in [0.1, 0.15) is 23.7 Å². The van der Waals surface area contributed by atoms with E-state index in [1.807, 2.05) is 6.92 Å². The average Bonchev–Trinajstić information content (AvgIpc) is 3.26. The highest BCUT2D eigenvalue weighted by molar-refractivity contribution is 5.80. The Morgan fingerprint density at radius 3 is 2.91 bits per heavy atom. The highest BCUT2D eigenvalue weighted by atomic mass is 19.1. The van der Waals surface area contributed by atoms with E-state index in [0.29, 0.717) is 34.6 Å². The summed E-state index contributed by atoms with van der Waals surface area (Å²) in [5, 5.41) is 4.91. The van der Waals surface area contributed by atoms with Crippen LogP contribution in [0.25, 0.3) is 16.6 Å². The van der Waals surface area contributed by atoms with Crippen LogP contribution in [-0.4, -0.2) is 45.7 Å². The van der Waals surface area contributed by atoms with Gasteiger partial charge in [-0.2, -0.15) is 0 Å². The lowest BCUT2D eigenvalue weighted by Crippen LogP contribution is -2.35. The number of aromatic nitrogens is 3. The molecule has 4 heterocycles. The van der Waals surface area contributed by atoms with Crippen LogP contribution in [0.15, 0.2) is 45.8 Å². The van der Waals surface area contributed by atoms with E-state index in [0.717, 1.165) is 43.6 Å². The van der Waals surface area contributed by atoms with Crippen molar-refractivity contribution in [2.24, 2.45) is 0 Å². The van der Waals surface area contributed by atoms with Crippen LogP contribution in [0.1, 0.15) is 35.8 Å². The first kappa shape index (κ1) is 22.1. The van der Waals surface area contributed by atoms with Crippen LogP contribution >= 0.6 is 0 Å². The molecule has 8 heteroatoms. The molecular weight excluding hydrogens is 435 g/mol. The van der Waals surface area contributed by atoms with E-state index < -0.39 is 0 Å². The number of pyridine rings is 1. The second-order valence-corrected chi connectivity index (χ2v) is 8.61. The summed E-state index contributed by atoms with van der Waals surface area (Å²) in [5.41, 5.74) is 2.37. The second kappa shape index (κ2) is 9.27. The number of halogens is 1. The Balaban J connectivity index is 1.26. The van der Waals surface area contributed by atoms with Gasteiger partial charge in [-0.1, -0.05) is 11.1 Å². The van der Waals surface area contributed by atoms with E-state index in [4.69, 9.17) is 15.7 Å². The van der Waals surface area contributed by atoms with Crippen LogP contribution in [0.4, 0.5) is 4.39 Å². The van der Waals surface area contributed by atoms with Gasteiger partial charge in [0.15, 0.2) is 11.4 Å². The summed E-state index contributed by atoms with van der Waals surface area (Å²) in [6.07, 6.45) is 9.45. The molecule has 4 aromatic rings. The fourth-order valence-electron chi connectivity index (χ4n) is 4.72. The fourth-order valence-corrected chi connectivity index (χ4v) is 4.72. The van der Waals surface area contributed by atoms with Crippen LogP contribution in [-0.2, 0) is 6.42 Å². The van der Waals surface area contributed by atoms with E-state index in [9.17, 15) is 9.18 Å². The molecule has 0 radical (unpaired) electrons. The van der Waals surface area contributed by atoms with E-state index in [1.165, 1.54) is 16.5 Å². The SMILES string of the molecule is C#CCOc1cccn2c(=O)c(CCN3CCC(c4onc5cc(F)ccc45)CC3)c(C)nc12. The first-order valence-electron chi connectivity index (χ1n) is 11.4. The van der Waals surface area contributed by atoms with Crippen molar-refractivity contribution in [1.29, 1.82) is 0 Å². The van der Waals surface area contributed by atoms with Gasteiger partial charge in [0, 0.05) is 41.4 Å². The van der Waals surface area contributed by atoms with Gasteiger partial charge in [-0.15, -0.1) is 6.42 Å². The third-order valence-electron chi connectivity index (χ3n) is 6.53. The molecule has 0 spiro atoms. The zero-order chi connectivity index (χ0) is 23.7. The van der Waals surface area contributed by atoms with Gasteiger partial charge in [-0.3, -0.25) is 9.20 Å². The van der Waals surface area contributed by atoms with Crippen molar-refractivity contribution in [1.82, 2.24) is 19.4 Å². The Kier molecular flexibility index (Phi) is 6.03. The number of aryl methyl sites for hydroxylation is 1. The zero-order valence-electron chi connectivity index (χ0n) is 19.0. The number of fused-ring (bicyclic) bond motifs is 2. The summed E-state index contributed by atoms with van der Waals surface area (Å²) in [5.74, 6) is 3.71. The molecule has 0 N–H and O–H groups in total. The number of hydrogen-bond acceptors (Lipinski definition) is 6. The minimum Gasteiger partial charge on any atom is -0.477 e. The molecule has 0 atom stereocenters. The van der Waals surface area contributed by atoms with Gasteiger partial charge in [0.05, 0.1) is 0 Å². The highest BCUT2D eigenvalue weighted by Gasteiger charge is 2.26. The Labute approximate surface area is 196 Å². The molecule has 0 aliphatic carbocycles. The summed E-state index contributed by atoms with van der Waals surface area (Å²) in [6, 6.07) is 8.11. The summed E-state index contributed by atoms with van der Waals surface area (Å²) in [4.78, 5) is 20.2. The second-order valence-electron chi connectivity index (χ2n) is 8.61. The van der Waals surface area contributed by atoms with E-state index >= 15 is 0 Å². The Morgan fingerprint density at radius 2 is 2.12 bits per heavy atom. The van der Waals surface area contributed by atoms with Crippen LogP contribution in [0.5, 0.6) is 5.75 Å². The smallest absolute Gasteiger partial charge is 0.261 e. The van der Waals surface area contributed by atoms with E-state index in [1.54, 1.807) is 24.4 Å². The molecule has 34 heavy (non-hydrogen) atoms. The van der Waals surface area contributed by atoms with Crippen molar-refractivity contribution in [2.45, 2.75) is 32.1 Å². The first-order chi connectivity index (χ1) is 16.5. The molecule has 1 saturated heterocycles. The standard InChI is InChI=1S/C26H25FN4O3/c1-3-15-33-23-5-4-11-31-25(23)28-17(2)20(26(31)32)10-14-30-12-8-18(9-13-30)24-21-7-6-19(27)16-22(21)29-34-24/h1,4-7,11,16,18H,8-10,12-15H2,2H3. The monoisotopic (exact) mass is 460 g/mol. The molecule has 0 unspecified atom stereocenters. The molecule has 1 aliphatic heterocycles. The molecular formula is C26H25FN4O3. The summed E-state index contributed by atoms with van der Waals surface area (Å²) in [6.45, 7) is 4.52. The van der Waals surface area contributed by atoms with Gasteiger partial charge in [-0.25, -0.2) is 9.37 Å². The largest absolute Gasteiger partial charge is 0.477 e. The van der Waals surface area contributed by atoms with Crippen molar-refractivity contribution in [3.05, 3.63) is 69.7 Å². The molecule has 0 saturated carbocycles. The van der Waals surface area contributed by atoms with E-state index in [2.05, 4.69) is 21.0 Å². The maximum Gasteiger partial charge on any atom is 0.261 e. The van der Waals surface area contributed by atoms with Gasteiger partial charge in [-0.05, 0) is 63.5 Å². The lowest BCUT2D eigenvalue weighted by Gasteiger charge is -2.31. The number of hydrogen-bond donors (Lipinski definition) is 0. The first-order valence-corrected chi connectivity index (χ1v) is 11.4. The molecule has 174 valence electrons. The molecule has 1 aromatic carbocycles. The normalized spacial score (nSPS) is 15.1. The van der Waals surface area contributed by atoms with Gasteiger partial charge in [0.25, 0.3) is 5.56 Å². The maximum atomic E-state index is 13.4. The highest BCUT2D eigenvalue weighted by Crippen LogP contribution is 2.33. The van der Waals surface area contributed by atoms with Crippen LogP contribution < -0.4 is 10.3 Å². The van der Waals surface area contributed by atoms with Gasteiger partial charge in [0.2, 0.25) is 0 Å². The quantitative estimate of drug-likeness (QED) is 0.409. The molecule has 1 fully saturated rings. The number of terminal acetylenes is 1. The predicted octanol–water partition coefficient (Wildman–Crippen LogP) is 3.72. The Morgan fingerprint density at radius 1 is 1.29 bits per heavy atom. The van der Waals surface area contributed by atoms with Gasteiger partial charge < -0.3 is 14.2 Å². The third-order valence-corrected chi connectivity index (χ3v) is 6.53.